The van der Waals surface area contributed by atoms with Gasteiger partial charge in [0, 0.05) is 6.54 Å². The monoisotopic (exact) mass is 433 g/mol. The van der Waals surface area contributed by atoms with Gasteiger partial charge in [0.25, 0.3) is 5.91 Å². The molecule has 0 saturated carbocycles. The summed E-state index contributed by atoms with van der Waals surface area (Å²) in [5, 5.41) is 24.5. The Kier molecular flexibility index (Phi) is 10.8. The minimum atomic E-state index is -1.19. The first kappa shape index (κ1) is 26.3. The van der Waals surface area contributed by atoms with E-state index < -0.39 is 30.1 Å². The Hall–Kier alpha value is -2.78. The number of carbonyl (C=O) groups is 3. The van der Waals surface area contributed by atoms with Crippen LogP contribution in [0.5, 0.6) is 0 Å². The van der Waals surface area contributed by atoms with Crippen molar-refractivity contribution in [1.29, 1.82) is 5.41 Å². The fraction of sp³-hybridized carbons (Fsp3) is 0.545. The number of aliphatic hydroxyl groups excluding tert-OH is 1. The van der Waals surface area contributed by atoms with Crippen LogP contribution >= 0.6 is 0 Å². The maximum atomic E-state index is 12.7. The third kappa shape index (κ3) is 8.47. The Labute approximate surface area is 184 Å². The Morgan fingerprint density at radius 1 is 1.13 bits per heavy atom. The highest BCUT2D eigenvalue weighted by Crippen LogP contribution is 2.10. The molecular weight excluding hydrogens is 398 g/mol. The van der Waals surface area contributed by atoms with Crippen molar-refractivity contribution in [3.05, 3.63) is 37.0 Å². The zero-order valence-electron chi connectivity index (χ0n) is 18.7. The number of hydrogen-bond acceptors (Lipinski definition) is 6. The fourth-order valence-corrected chi connectivity index (χ4v) is 2.87. The summed E-state index contributed by atoms with van der Waals surface area (Å²) >= 11 is 0. The van der Waals surface area contributed by atoms with Gasteiger partial charge < -0.3 is 21.1 Å². The third-order valence-corrected chi connectivity index (χ3v) is 4.86. The molecular formula is C22H35N5O4. The van der Waals surface area contributed by atoms with E-state index in [4.69, 9.17) is 5.41 Å². The summed E-state index contributed by atoms with van der Waals surface area (Å²) in [6, 6.07) is -1.97. The molecule has 0 spiro atoms. The number of amides is 3. The first-order valence-corrected chi connectivity index (χ1v) is 10.5. The second-order valence-electron chi connectivity index (χ2n) is 7.90. The second-order valence-corrected chi connectivity index (χ2v) is 7.90. The van der Waals surface area contributed by atoms with Crippen LogP contribution in [0.2, 0.25) is 0 Å². The van der Waals surface area contributed by atoms with Gasteiger partial charge in [-0.15, -0.1) is 0 Å². The van der Waals surface area contributed by atoms with Crippen molar-refractivity contribution < 1.29 is 19.5 Å². The van der Waals surface area contributed by atoms with Crippen LogP contribution in [-0.2, 0) is 14.4 Å². The number of nitrogens with one attached hydrogen (secondary N) is 4. The van der Waals surface area contributed by atoms with Gasteiger partial charge in [0.2, 0.25) is 11.8 Å². The van der Waals surface area contributed by atoms with Gasteiger partial charge in [-0.05, 0) is 38.7 Å². The summed E-state index contributed by atoms with van der Waals surface area (Å²) in [6.07, 6.45) is 8.34. The van der Waals surface area contributed by atoms with Crippen LogP contribution in [0.25, 0.3) is 0 Å². The van der Waals surface area contributed by atoms with E-state index in [9.17, 15) is 19.5 Å². The van der Waals surface area contributed by atoms with E-state index in [-0.39, 0.29) is 23.4 Å². The van der Waals surface area contributed by atoms with Gasteiger partial charge >= 0.3 is 0 Å². The number of carbonyl (C=O) groups excluding carboxylic acids is 3. The maximum absolute atomic E-state index is 12.7. The summed E-state index contributed by atoms with van der Waals surface area (Å²) < 4.78 is 0. The van der Waals surface area contributed by atoms with Crippen LogP contribution in [0.4, 0.5) is 0 Å². The molecule has 5 N–H and O–H groups in total. The zero-order chi connectivity index (χ0) is 23.6. The lowest BCUT2D eigenvalue weighted by Gasteiger charge is -2.35. The smallest absolute Gasteiger partial charge is 0.258 e. The number of aliphatic hydroxyl groups is 1. The molecule has 0 aromatic rings. The predicted octanol–water partition coefficient (Wildman–Crippen LogP) is 0.826. The van der Waals surface area contributed by atoms with Gasteiger partial charge in [0.15, 0.2) is 0 Å². The highest BCUT2D eigenvalue weighted by molar-refractivity contribution is 5.99. The third-order valence-electron chi connectivity index (χ3n) is 4.86. The topological polar surface area (TPSA) is 135 Å². The van der Waals surface area contributed by atoms with E-state index in [1.54, 1.807) is 51.2 Å². The minimum Gasteiger partial charge on any atom is -0.383 e. The van der Waals surface area contributed by atoms with Crippen molar-refractivity contribution >= 4 is 23.4 Å². The van der Waals surface area contributed by atoms with Crippen LogP contribution in [0.15, 0.2) is 37.0 Å². The summed E-state index contributed by atoms with van der Waals surface area (Å²) in [6.45, 7) is 10.6. The Morgan fingerprint density at radius 2 is 1.81 bits per heavy atom. The standard InChI is InChI=1S/C22H35N5O4/c1-6-7-8-9-11-17(23)15(4)24-20(29)18-12-10-13-27(26-18)22(31)16(5)25-21(30)19(28)14(2)3/h6-9,11,14-16,18-19,23,26,28H,1,10,12-13H2,2-5H3,(H,24,29)(H,25,30)/b8-7+,11-9-,23-17?/t15-,16+,18+,19+/m1/s1. The average molecular weight is 434 g/mol. The Morgan fingerprint density at radius 3 is 2.42 bits per heavy atom. The van der Waals surface area contributed by atoms with E-state index in [1.165, 1.54) is 11.9 Å². The van der Waals surface area contributed by atoms with Crippen LogP contribution in [0.3, 0.4) is 0 Å². The van der Waals surface area contributed by atoms with Crippen LogP contribution in [-0.4, -0.2) is 64.3 Å². The van der Waals surface area contributed by atoms with Crippen LogP contribution < -0.4 is 16.1 Å². The molecule has 1 fully saturated rings. The van der Waals surface area contributed by atoms with E-state index in [1.807, 2.05) is 0 Å². The summed E-state index contributed by atoms with van der Waals surface area (Å²) in [4.78, 5) is 37.3. The quantitative estimate of drug-likeness (QED) is 0.257. The van der Waals surface area contributed by atoms with Crippen molar-refractivity contribution in [3.63, 3.8) is 0 Å². The molecule has 1 aliphatic heterocycles. The largest absolute Gasteiger partial charge is 0.383 e. The number of hydrogen-bond donors (Lipinski definition) is 5. The van der Waals surface area contributed by atoms with Gasteiger partial charge in [-0.1, -0.05) is 44.7 Å². The molecule has 0 aliphatic carbocycles. The molecule has 1 saturated heterocycles. The SMILES string of the molecule is C=C/C=C/C=C\C(=N)[C@@H](C)NC(=O)[C@@H]1CCCN(C(=O)[C@H](C)NC(=O)[C@@H](O)C(C)C)N1. The van der Waals surface area contributed by atoms with E-state index in [2.05, 4.69) is 22.6 Å². The van der Waals surface area contributed by atoms with Crippen LogP contribution in [0.1, 0.15) is 40.5 Å². The van der Waals surface area contributed by atoms with Gasteiger partial charge in [0.1, 0.15) is 18.2 Å². The van der Waals surface area contributed by atoms with Gasteiger partial charge in [0.05, 0.1) is 11.8 Å². The summed E-state index contributed by atoms with van der Waals surface area (Å²) in [5.74, 6) is -1.57. The molecule has 31 heavy (non-hydrogen) atoms. The van der Waals surface area contributed by atoms with Gasteiger partial charge in [-0.3, -0.25) is 19.4 Å². The van der Waals surface area contributed by atoms with Crippen molar-refractivity contribution in [1.82, 2.24) is 21.1 Å². The first-order chi connectivity index (χ1) is 14.6. The molecule has 9 nitrogen and oxygen atoms in total. The second kappa shape index (κ2) is 12.8. The summed E-state index contributed by atoms with van der Waals surface area (Å²) in [7, 11) is 0. The number of rotatable bonds is 10. The summed E-state index contributed by atoms with van der Waals surface area (Å²) in [5.41, 5.74) is 3.15. The molecule has 0 radical (unpaired) electrons. The fourth-order valence-electron chi connectivity index (χ4n) is 2.87. The molecule has 0 aromatic carbocycles. The molecule has 0 unspecified atom stereocenters. The van der Waals surface area contributed by atoms with E-state index >= 15 is 0 Å². The molecule has 1 aliphatic rings. The van der Waals surface area contributed by atoms with Crippen molar-refractivity contribution in [2.75, 3.05) is 6.54 Å². The van der Waals surface area contributed by atoms with Crippen LogP contribution in [0, 0.1) is 11.3 Å². The lowest BCUT2D eigenvalue weighted by molar-refractivity contribution is -0.144. The maximum Gasteiger partial charge on any atom is 0.258 e. The highest BCUT2D eigenvalue weighted by Gasteiger charge is 2.32. The van der Waals surface area contributed by atoms with Crippen molar-refractivity contribution in [2.45, 2.75) is 64.8 Å². The number of nitrogens with zero attached hydrogens (tertiary/aromatic N) is 1. The van der Waals surface area contributed by atoms with Crippen molar-refractivity contribution in [3.8, 4) is 0 Å². The molecule has 0 aromatic heterocycles. The molecule has 172 valence electrons. The molecule has 9 heteroatoms. The minimum absolute atomic E-state index is 0.242. The highest BCUT2D eigenvalue weighted by atomic mass is 16.3. The molecule has 0 bridgehead atoms. The Balaban J connectivity index is 2.62. The number of allylic oxidation sites excluding steroid dienone is 4. The Bertz CT molecular complexity index is 731. The van der Waals surface area contributed by atoms with Gasteiger partial charge in [-0.2, -0.15) is 0 Å². The predicted molar refractivity (Wildman–Crippen MR) is 120 cm³/mol. The lowest BCUT2D eigenvalue weighted by atomic mass is 10.1. The molecule has 4 atom stereocenters. The molecule has 1 rings (SSSR count). The van der Waals surface area contributed by atoms with Gasteiger partial charge in [-0.25, -0.2) is 5.43 Å². The normalized spacial score (nSPS) is 19.8. The van der Waals surface area contributed by atoms with E-state index in [0.717, 1.165) is 0 Å². The lowest BCUT2D eigenvalue weighted by Crippen LogP contribution is -2.61. The first-order valence-electron chi connectivity index (χ1n) is 10.5. The zero-order valence-corrected chi connectivity index (χ0v) is 18.7. The number of hydrazine groups is 1. The average Bonchev–Trinajstić information content (AvgIpc) is 2.75. The van der Waals surface area contributed by atoms with E-state index in [0.29, 0.717) is 19.4 Å². The molecule has 1 heterocycles. The van der Waals surface area contributed by atoms with Crippen molar-refractivity contribution in [2.24, 2.45) is 5.92 Å². The molecule has 3 amide bonds.